The number of esters is 1. The summed E-state index contributed by atoms with van der Waals surface area (Å²) in [6.07, 6.45) is 4.80. The molecule has 0 saturated carbocycles. The molecule has 1 aliphatic rings. The highest BCUT2D eigenvalue weighted by atomic mass is 16.5. The Balaban J connectivity index is 2.51. The van der Waals surface area contributed by atoms with Gasteiger partial charge in [-0.15, -0.1) is 0 Å². The van der Waals surface area contributed by atoms with Crippen LogP contribution in [0.5, 0.6) is 0 Å². The lowest BCUT2D eigenvalue weighted by Crippen LogP contribution is -2.57. The zero-order chi connectivity index (χ0) is 15.0. The first-order valence-electron chi connectivity index (χ1n) is 7.65. The average Bonchev–Trinajstić information content (AvgIpc) is 2.45. The van der Waals surface area contributed by atoms with Crippen molar-refractivity contribution in [1.29, 1.82) is 0 Å². The Labute approximate surface area is 123 Å². The van der Waals surface area contributed by atoms with Gasteiger partial charge in [0.15, 0.2) is 0 Å². The predicted octanol–water partition coefficient (Wildman–Crippen LogP) is 1.42. The lowest BCUT2D eigenvalue weighted by Gasteiger charge is -2.34. The van der Waals surface area contributed by atoms with Crippen LogP contribution in [0.4, 0.5) is 0 Å². The molecular weight excluding hydrogens is 256 g/mol. The van der Waals surface area contributed by atoms with E-state index in [0.717, 1.165) is 39.0 Å². The Morgan fingerprint density at radius 2 is 2.25 bits per heavy atom. The van der Waals surface area contributed by atoms with Crippen molar-refractivity contribution >= 4 is 5.97 Å². The minimum atomic E-state index is -0.659. The summed E-state index contributed by atoms with van der Waals surface area (Å²) >= 11 is 0. The van der Waals surface area contributed by atoms with Crippen LogP contribution in [0, 0.1) is 0 Å². The number of nitrogens with zero attached hydrogens (tertiary/aromatic N) is 1. The van der Waals surface area contributed by atoms with E-state index in [1.165, 1.54) is 13.5 Å². The van der Waals surface area contributed by atoms with Crippen LogP contribution in [0.2, 0.25) is 0 Å². The van der Waals surface area contributed by atoms with Gasteiger partial charge in [0.25, 0.3) is 0 Å². The number of hydrogen-bond donors (Lipinski definition) is 1. The number of likely N-dealkylation sites (N-methyl/N-ethyl adjacent to an activating group) is 1. The monoisotopic (exact) mass is 286 g/mol. The first-order valence-corrected chi connectivity index (χ1v) is 7.65. The molecule has 118 valence electrons. The topological polar surface area (TPSA) is 50.8 Å². The summed E-state index contributed by atoms with van der Waals surface area (Å²) < 4.78 is 10.7. The van der Waals surface area contributed by atoms with Crippen LogP contribution < -0.4 is 5.32 Å². The second-order valence-electron chi connectivity index (χ2n) is 5.94. The summed E-state index contributed by atoms with van der Waals surface area (Å²) in [5, 5.41) is 3.31. The number of rotatable bonds is 8. The summed E-state index contributed by atoms with van der Waals surface area (Å²) in [6, 6.07) is 0. The summed E-state index contributed by atoms with van der Waals surface area (Å²) in [7, 11) is 3.48. The lowest BCUT2D eigenvalue weighted by atomic mass is 10.0. The fourth-order valence-electron chi connectivity index (χ4n) is 2.72. The Morgan fingerprint density at radius 1 is 1.50 bits per heavy atom. The van der Waals surface area contributed by atoms with Crippen molar-refractivity contribution in [2.24, 2.45) is 0 Å². The molecule has 20 heavy (non-hydrogen) atoms. The van der Waals surface area contributed by atoms with E-state index in [1.807, 2.05) is 14.0 Å². The van der Waals surface area contributed by atoms with E-state index in [0.29, 0.717) is 12.6 Å². The van der Waals surface area contributed by atoms with Gasteiger partial charge < -0.3 is 19.7 Å². The van der Waals surface area contributed by atoms with Crippen LogP contribution in [0.15, 0.2) is 0 Å². The molecule has 0 spiro atoms. The van der Waals surface area contributed by atoms with Gasteiger partial charge in [0.05, 0.1) is 13.2 Å². The third kappa shape index (κ3) is 5.38. The second-order valence-corrected chi connectivity index (χ2v) is 5.94. The van der Waals surface area contributed by atoms with Gasteiger partial charge >= 0.3 is 5.97 Å². The van der Waals surface area contributed by atoms with Crippen LogP contribution in [-0.2, 0) is 14.3 Å². The minimum absolute atomic E-state index is 0.206. The van der Waals surface area contributed by atoms with E-state index in [9.17, 15) is 4.79 Å². The molecule has 1 fully saturated rings. The second kappa shape index (κ2) is 8.60. The summed E-state index contributed by atoms with van der Waals surface area (Å²) in [5.74, 6) is -0.206. The van der Waals surface area contributed by atoms with Crippen LogP contribution >= 0.6 is 0 Å². The first-order chi connectivity index (χ1) is 9.51. The molecule has 1 rings (SSSR count). The van der Waals surface area contributed by atoms with E-state index in [2.05, 4.69) is 17.1 Å². The van der Waals surface area contributed by atoms with E-state index in [4.69, 9.17) is 9.47 Å². The van der Waals surface area contributed by atoms with E-state index in [1.54, 1.807) is 0 Å². The maximum Gasteiger partial charge on any atom is 0.327 e. The Morgan fingerprint density at radius 3 is 2.80 bits per heavy atom. The molecule has 0 amide bonds. The van der Waals surface area contributed by atoms with Gasteiger partial charge in [-0.25, -0.2) is 0 Å². The first kappa shape index (κ1) is 17.4. The van der Waals surface area contributed by atoms with Crippen molar-refractivity contribution in [3.05, 3.63) is 0 Å². The maximum atomic E-state index is 12.0. The molecular formula is C15H30N2O3. The highest BCUT2D eigenvalue weighted by Gasteiger charge is 2.35. The van der Waals surface area contributed by atoms with Crippen molar-refractivity contribution in [1.82, 2.24) is 10.2 Å². The van der Waals surface area contributed by atoms with Gasteiger partial charge in [-0.3, -0.25) is 4.79 Å². The number of hydrogen-bond acceptors (Lipinski definition) is 5. The summed E-state index contributed by atoms with van der Waals surface area (Å²) in [5.41, 5.74) is -0.659. The molecule has 0 aromatic carbocycles. The van der Waals surface area contributed by atoms with Crippen molar-refractivity contribution in [2.45, 2.75) is 51.2 Å². The standard InChI is InChI=1S/C15H30N2O3/c1-5-9-16-15(2,14(18)19-4)12-17(3)11-13-8-6-7-10-20-13/h13,16H,5-12H2,1-4H3. The van der Waals surface area contributed by atoms with Crippen LogP contribution in [0.1, 0.15) is 39.5 Å². The lowest BCUT2D eigenvalue weighted by molar-refractivity contribution is -0.148. The van der Waals surface area contributed by atoms with Gasteiger partial charge in [0.1, 0.15) is 5.54 Å². The van der Waals surface area contributed by atoms with Gasteiger partial charge in [0, 0.05) is 19.7 Å². The quantitative estimate of drug-likeness (QED) is 0.684. The number of carbonyl (C=O) groups excluding carboxylic acids is 1. The molecule has 2 atom stereocenters. The number of methoxy groups -OCH3 is 1. The highest BCUT2D eigenvalue weighted by molar-refractivity contribution is 5.80. The van der Waals surface area contributed by atoms with E-state index < -0.39 is 5.54 Å². The number of carbonyl (C=O) groups is 1. The zero-order valence-corrected chi connectivity index (χ0v) is 13.4. The highest BCUT2D eigenvalue weighted by Crippen LogP contribution is 2.15. The summed E-state index contributed by atoms with van der Waals surface area (Å²) in [6.45, 7) is 7.15. The normalized spacial score (nSPS) is 22.6. The molecule has 1 aliphatic heterocycles. The maximum absolute atomic E-state index is 12.0. The molecule has 2 unspecified atom stereocenters. The molecule has 1 N–H and O–H groups in total. The summed E-state index contributed by atoms with van der Waals surface area (Å²) in [4.78, 5) is 14.2. The Kier molecular flexibility index (Phi) is 7.48. The zero-order valence-electron chi connectivity index (χ0n) is 13.4. The van der Waals surface area contributed by atoms with E-state index in [-0.39, 0.29) is 5.97 Å². The molecule has 5 heteroatoms. The fourth-order valence-corrected chi connectivity index (χ4v) is 2.72. The van der Waals surface area contributed by atoms with Crippen molar-refractivity contribution in [3.63, 3.8) is 0 Å². The Bertz CT molecular complexity index is 293. The van der Waals surface area contributed by atoms with E-state index >= 15 is 0 Å². The molecule has 0 aliphatic carbocycles. The molecule has 1 saturated heterocycles. The van der Waals surface area contributed by atoms with Crippen molar-refractivity contribution in [3.8, 4) is 0 Å². The minimum Gasteiger partial charge on any atom is -0.468 e. The van der Waals surface area contributed by atoms with Crippen LogP contribution in [-0.4, -0.2) is 62.9 Å². The average molecular weight is 286 g/mol. The van der Waals surface area contributed by atoms with Crippen molar-refractivity contribution in [2.75, 3.05) is 40.4 Å². The largest absolute Gasteiger partial charge is 0.468 e. The smallest absolute Gasteiger partial charge is 0.327 e. The van der Waals surface area contributed by atoms with Crippen molar-refractivity contribution < 1.29 is 14.3 Å². The third-order valence-electron chi connectivity index (χ3n) is 3.78. The predicted molar refractivity (Wildman–Crippen MR) is 79.8 cm³/mol. The molecule has 0 radical (unpaired) electrons. The third-order valence-corrected chi connectivity index (χ3v) is 3.78. The fraction of sp³-hybridized carbons (Fsp3) is 0.933. The van der Waals surface area contributed by atoms with Gasteiger partial charge in [-0.05, 0) is 46.2 Å². The molecule has 0 aromatic rings. The van der Waals surface area contributed by atoms with Gasteiger partial charge in [0.2, 0.25) is 0 Å². The number of ether oxygens (including phenoxy) is 2. The molecule has 1 heterocycles. The molecule has 0 aromatic heterocycles. The molecule has 5 nitrogen and oxygen atoms in total. The van der Waals surface area contributed by atoms with Gasteiger partial charge in [-0.1, -0.05) is 6.92 Å². The van der Waals surface area contributed by atoms with Crippen LogP contribution in [0.3, 0.4) is 0 Å². The Hall–Kier alpha value is -0.650. The van der Waals surface area contributed by atoms with Crippen LogP contribution in [0.25, 0.3) is 0 Å². The van der Waals surface area contributed by atoms with Gasteiger partial charge in [-0.2, -0.15) is 0 Å². The SMILES string of the molecule is CCCNC(C)(CN(C)CC1CCCCO1)C(=O)OC. The number of nitrogens with one attached hydrogen (secondary N) is 1. The molecule has 0 bridgehead atoms.